The second-order valence-electron chi connectivity index (χ2n) is 5.83. The first-order valence-corrected chi connectivity index (χ1v) is 9.21. The van der Waals surface area contributed by atoms with Gasteiger partial charge < -0.3 is 28.4 Å². The third-order valence-electron chi connectivity index (χ3n) is 3.39. The molecule has 0 aromatic heterocycles. The predicted molar refractivity (Wildman–Crippen MR) is 114 cm³/mol. The highest BCUT2D eigenvalue weighted by Gasteiger charge is 2.14. The third kappa shape index (κ3) is 11.7. The van der Waals surface area contributed by atoms with Crippen LogP contribution in [0.5, 0.6) is 11.5 Å². The van der Waals surface area contributed by atoms with Gasteiger partial charge >= 0.3 is 0 Å². The first kappa shape index (κ1) is 24.9. The monoisotopic (exact) mass is 410 g/mol. The zero-order chi connectivity index (χ0) is 21.9. The summed E-state index contributed by atoms with van der Waals surface area (Å²) in [5, 5.41) is 0. The van der Waals surface area contributed by atoms with Crippen LogP contribution in [0.25, 0.3) is 0 Å². The summed E-state index contributed by atoms with van der Waals surface area (Å²) in [7, 11) is 0. The van der Waals surface area contributed by atoms with Crippen LogP contribution in [0.3, 0.4) is 0 Å². The molecule has 0 aliphatic heterocycles. The van der Waals surface area contributed by atoms with Crippen LogP contribution >= 0.6 is 0 Å². The van der Waals surface area contributed by atoms with Crippen molar-refractivity contribution in [1.82, 2.24) is 0 Å². The maximum atomic E-state index is 5.89. The van der Waals surface area contributed by atoms with Crippen LogP contribution in [0.1, 0.15) is 0 Å². The zero-order valence-corrected chi connectivity index (χ0v) is 16.9. The highest BCUT2D eigenvalue weighted by atomic mass is 16.6. The largest absolute Gasteiger partial charge is 0.486 e. The molecule has 0 atom stereocenters. The molecule has 30 heavy (non-hydrogen) atoms. The Labute approximate surface area is 179 Å². The molecule has 1 aromatic carbocycles. The van der Waals surface area contributed by atoms with E-state index in [-0.39, 0.29) is 65.1 Å². The zero-order valence-electron chi connectivity index (χ0n) is 16.9. The van der Waals surface area contributed by atoms with Crippen molar-refractivity contribution in [2.24, 2.45) is 0 Å². The lowest BCUT2D eigenvalue weighted by atomic mass is 10.3. The van der Waals surface area contributed by atoms with Gasteiger partial charge in [0.05, 0.1) is 26.4 Å². The minimum absolute atomic E-state index is 0.187. The van der Waals surface area contributed by atoms with Crippen molar-refractivity contribution in [1.29, 1.82) is 0 Å². The fourth-order valence-electron chi connectivity index (χ4n) is 2.21. The summed E-state index contributed by atoms with van der Waals surface area (Å²) >= 11 is 0. The lowest BCUT2D eigenvalue weighted by Crippen LogP contribution is -2.29. The second-order valence-corrected chi connectivity index (χ2v) is 5.83. The minimum Gasteiger partial charge on any atom is -0.486 e. The Bertz CT molecular complexity index is 639. The Hall–Kier alpha value is -3.10. The summed E-state index contributed by atoms with van der Waals surface area (Å²) in [5.74, 6) is 10.9. The molecule has 0 saturated carbocycles. The van der Waals surface area contributed by atoms with Crippen LogP contribution < -0.4 is 9.47 Å². The molecule has 1 rings (SSSR count). The van der Waals surface area contributed by atoms with Gasteiger partial charge in [0.15, 0.2) is 0 Å². The average Bonchev–Trinajstić information content (AvgIpc) is 2.75. The fraction of sp³-hybridized carbons (Fsp3) is 0.417. The van der Waals surface area contributed by atoms with E-state index in [1.807, 2.05) is 0 Å². The molecule has 6 heteroatoms. The SMILES string of the molecule is C#CCOCC(COCC#C)Oc1ccc(OC(COCC#C)COCC#C)cc1. The van der Waals surface area contributed by atoms with Crippen LogP contribution in [-0.2, 0) is 18.9 Å². The molecule has 0 amide bonds. The van der Waals surface area contributed by atoms with E-state index in [9.17, 15) is 0 Å². The van der Waals surface area contributed by atoms with Crippen LogP contribution in [0.4, 0.5) is 0 Å². The Morgan fingerprint density at radius 3 is 1.03 bits per heavy atom. The molecule has 1 aromatic rings. The van der Waals surface area contributed by atoms with Gasteiger partial charge in [0.2, 0.25) is 0 Å². The normalized spacial score (nSPS) is 10.1. The number of hydrogen-bond acceptors (Lipinski definition) is 6. The summed E-state index contributed by atoms with van der Waals surface area (Å²) < 4.78 is 33.2. The maximum absolute atomic E-state index is 5.89. The van der Waals surface area contributed by atoms with Crippen LogP contribution in [-0.4, -0.2) is 65.1 Å². The van der Waals surface area contributed by atoms with E-state index in [0.29, 0.717) is 11.5 Å². The molecule has 0 fully saturated rings. The van der Waals surface area contributed by atoms with Crippen molar-refractivity contribution in [3.8, 4) is 60.9 Å². The molecule has 0 saturated heterocycles. The van der Waals surface area contributed by atoms with Gasteiger partial charge in [0.1, 0.15) is 50.1 Å². The van der Waals surface area contributed by atoms with Gasteiger partial charge in [-0.1, -0.05) is 23.7 Å². The molecule has 6 nitrogen and oxygen atoms in total. The molecule has 0 aliphatic carbocycles. The molecule has 0 unspecified atom stereocenters. The van der Waals surface area contributed by atoms with E-state index in [0.717, 1.165) is 0 Å². The molecular weight excluding hydrogens is 384 g/mol. The van der Waals surface area contributed by atoms with Crippen molar-refractivity contribution in [3.63, 3.8) is 0 Å². The van der Waals surface area contributed by atoms with Gasteiger partial charge in [0.25, 0.3) is 0 Å². The van der Waals surface area contributed by atoms with Crippen LogP contribution in [0, 0.1) is 49.4 Å². The van der Waals surface area contributed by atoms with Gasteiger partial charge in [-0.15, -0.1) is 25.7 Å². The lowest BCUT2D eigenvalue weighted by Gasteiger charge is -2.20. The van der Waals surface area contributed by atoms with E-state index >= 15 is 0 Å². The van der Waals surface area contributed by atoms with Crippen molar-refractivity contribution in [3.05, 3.63) is 24.3 Å². The fourth-order valence-corrected chi connectivity index (χ4v) is 2.21. The summed E-state index contributed by atoms with van der Waals surface area (Å²) in [6.45, 7) is 1.84. The number of benzene rings is 1. The number of terminal acetylenes is 4. The quantitative estimate of drug-likeness (QED) is 0.306. The second kappa shape index (κ2) is 16.8. The average molecular weight is 410 g/mol. The summed E-state index contributed by atoms with van der Waals surface area (Å²) in [6.07, 6.45) is 20.1. The van der Waals surface area contributed by atoms with E-state index in [2.05, 4.69) is 23.7 Å². The topological polar surface area (TPSA) is 55.4 Å². The minimum atomic E-state index is -0.361. The molecule has 0 spiro atoms. The standard InChI is InChI=1S/C24H26O6/c1-5-13-25-17-23(18-26-14-6-2)29-21-9-11-22(12-10-21)30-24(19-27-15-7-3)20-28-16-8-4/h1-4,9-12,23-24H,13-20H2. The maximum Gasteiger partial charge on any atom is 0.145 e. The molecular formula is C24H26O6. The lowest BCUT2D eigenvalue weighted by molar-refractivity contribution is 0.00756. The van der Waals surface area contributed by atoms with E-state index < -0.39 is 0 Å². The van der Waals surface area contributed by atoms with Crippen molar-refractivity contribution >= 4 is 0 Å². The summed E-state index contributed by atoms with van der Waals surface area (Å²) in [5.41, 5.74) is 0. The summed E-state index contributed by atoms with van der Waals surface area (Å²) in [6, 6.07) is 7.08. The molecule has 0 N–H and O–H groups in total. The van der Waals surface area contributed by atoms with E-state index in [1.54, 1.807) is 24.3 Å². The molecule has 0 heterocycles. The van der Waals surface area contributed by atoms with Gasteiger partial charge in [-0.3, -0.25) is 0 Å². The molecule has 0 aliphatic rings. The summed E-state index contributed by atoms with van der Waals surface area (Å²) in [4.78, 5) is 0. The van der Waals surface area contributed by atoms with E-state index in [1.165, 1.54) is 0 Å². The van der Waals surface area contributed by atoms with Gasteiger partial charge in [-0.2, -0.15) is 0 Å². The molecule has 0 bridgehead atoms. The Morgan fingerprint density at radius 1 is 0.533 bits per heavy atom. The highest BCUT2D eigenvalue weighted by molar-refractivity contribution is 5.31. The number of ether oxygens (including phenoxy) is 6. The Kier molecular flexibility index (Phi) is 14.0. The highest BCUT2D eigenvalue weighted by Crippen LogP contribution is 2.20. The van der Waals surface area contributed by atoms with Gasteiger partial charge in [-0.25, -0.2) is 0 Å². The van der Waals surface area contributed by atoms with Gasteiger partial charge in [-0.05, 0) is 24.3 Å². The predicted octanol–water partition coefficient (Wildman–Crippen LogP) is 1.78. The Balaban J connectivity index is 2.63. The van der Waals surface area contributed by atoms with Crippen molar-refractivity contribution < 1.29 is 28.4 Å². The van der Waals surface area contributed by atoms with E-state index in [4.69, 9.17) is 54.1 Å². The third-order valence-corrected chi connectivity index (χ3v) is 3.39. The van der Waals surface area contributed by atoms with Crippen molar-refractivity contribution in [2.45, 2.75) is 12.2 Å². The van der Waals surface area contributed by atoms with Crippen molar-refractivity contribution in [2.75, 3.05) is 52.9 Å². The first-order valence-electron chi connectivity index (χ1n) is 9.21. The van der Waals surface area contributed by atoms with Crippen LogP contribution in [0.2, 0.25) is 0 Å². The number of rotatable bonds is 16. The number of hydrogen-bond donors (Lipinski definition) is 0. The smallest absolute Gasteiger partial charge is 0.145 e. The van der Waals surface area contributed by atoms with Gasteiger partial charge in [0, 0.05) is 0 Å². The molecule has 0 radical (unpaired) electrons. The Morgan fingerprint density at radius 2 is 0.800 bits per heavy atom. The van der Waals surface area contributed by atoms with Crippen LogP contribution in [0.15, 0.2) is 24.3 Å². The molecule has 158 valence electrons. The first-order chi connectivity index (χ1) is 14.7.